The number of likely N-dealkylation sites (tertiary alicyclic amines) is 1. The highest BCUT2D eigenvalue weighted by Crippen LogP contribution is 2.35. The van der Waals surface area contributed by atoms with Crippen LogP contribution < -0.4 is 10.6 Å². The third-order valence-corrected chi connectivity index (χ3v) is 7.43. The molecule has 0 spiro atoms. The Kier molecular flexibility index (Phi) is 5.78. The topological polar surface area (TPSA) is 78.4 Å². The van der Waals surface area contributed by atoms with E-state index >= 15 is 0 Å². The van der Waals surface area contributed by atoms with E-state index in [4.69, 9.17) is 0 Å². The molecule has 1 aromatic heterocycles. The first kappa shape index (κ1) is 20.9. The molecule has 2 amide bonds. The van der Waals surface area contributed by atoms with E-state index in [9.17, 15) is 14.4 Å². The Balaban J connectivity index is 1.16. The highest BCUT2D eigenvalue weighted by molar-refractivity contribution is 8.00. The molecule has 1 N–H and O–H groups in total. The molecule has 7 nitrogen and oxygen atoms in total. The number of fused-ring (bicyclic) bond motifs is 2. The zero-order valence-electron chi connectivity index (χ0n) is 17.8. The maximum absolute atomic E-state index is 12.8. The van der Waals surface area contributed by atoms with E-state index in [1.807, 2.05) is 62.9 Å². The van der Waals surface area contributed by atoms with E-state index in [0.717, 1.165) is 34.5 Å². The summed E-state index contributed by atoms with van der Waals surface area (Å²) in [5, 5.41) is 0. The van der Waals surface area contributed by atoms with Gasteiger partial charge in [-0.2, -0.15) is 0 Å². The number of hydrogen-bond acceptors (Lipinski definition) is 4. The van der Waals surface area contributed by atoms with Gasteiger partial charge in [-0.15, -0.1) is 11.8 Å². The van der Waals surface area contributed by atoms with Gasteiger partial charge in [0.1, 0.15) is 0 Å². The van der Waals surface area contributed by atoms with Gasteiger partial charge in [0, 0.05) is 37.0 Å². The number of H-pyrrole nitrogens is 1. The molecule has 0 aliphatic carbocycles. The van der Waals surface area contributed by atoms with Crippen molar-refractivity contribution in [2.45, 2.75) is 36.6 Å². The van der Waals surface area contributed by atoms with Crippen LogP contribution in [0.4, 0.5) is 5.69 Å². The van der Waals surface area contributed by atoms with Crippen molar-refractivity contribution < 1.29 is 9.59 Å². The summed E-state index contributed by atoms with van der Waals surface area (Å²) < 4.78 is 1.84. The molecule has 8 heteroatoms. The SMILES string of the molecule is O=C(CCCN1C(=O)CSc2ccccc21)N1CCC(n2c(=O)[nH]c3ccccc32)CC1. The Hall–Kier alpha value is -3.00. The molecule has 0 atom stereocenters. The van der Waals surface area contributed by atoms with Crippen molar-refractivity contribution in [2.24, 2.45) is 0 Å². The number of piperidine rings is 1. The zero-order valence-corrected chi connectivity index (χ0v) is 18.6. The number of hydrogen-bond donors (Lipinski definition) is 1. The van der Waals surface area contributed by atoms with E-state index in [2.05, 4.69) is 4.98 Å². The highest BCUT2D eigenvalue weighted by Gasteiger charge is 2.27. The average Bonchev–Trinajstić information content (AvgIpc) is 3.16. The first-order chi connectivity index (χ1) is 15.6. The number of rotatable bonds is 5. The standard InChI is InChI=1S/C24H26N4O3S/c29-22(10-5-13-27-20-8-3-4-9-21(20)32-16-23(27)30)26-14-11-17(12-15-26)28-19-7-2-1-6-18(19)25-24(28)31/h1-4,6-9,17H,5,10-16H2,(H,25,31). The maximum atomic E-state index is 12.8. The second kappa shape index (κ2) is 8.86. The van der Waals surface area contributed by atoms with Crippen molar-refractivity contribution in [1.82, 2.24) is 14.5 Å². The molecular weight excluding hydrogens is 424 g/mol. The molecule has 166 valence electrons. The second-order valence-electron chi connectivity index (χ2n) is 8.33. The first-order valence-corrected chi connectivity index (χ1v) is 12.1. The molecule has 2 aliphatic rings. The summed E-state index contributed by atoms with van der Waals surface area (Å²) in [6.07, 6.45) is 2.60. The van der Waals surface area contributed by atoms with Gasteiger partial charge in [-0.25, -0.2) is 4.79 Å². The Morgan fingerprint density at radius 2 is 1.78 bits per heavy atom. The van der Waals surface area contributed by atoms with Crippen LogP contribution in [0.3, 0.4) is 0 Å². The summed E-state index contributed by atoms with van der Waals surface area (Å²) in [6.45, 7) is 1.86. The van der Waals surface area contributed by atoms with E-state index in [0.29, 0.717) is 38.2 Å². The van der Waals surface area contributed by atoms with Gasteiger partial charge in [-0.3, -0.25) is 14.2 Å². The molecule has 0 bridgehead atoms. The minimum atomic E-state index is -0.0828. The molecule has 3 aromatic rings. The van der Waals surface area contributed by atoms with Gasteiger partial charge >= 0.3 is 5.69 Å². The number of aromatic nitrogens is 2. The lowest BCUT2D eigenvalue weighted by Crippen LogP contribution is -2.41. The Labute approximate surface area is 190 Å². The second-order valence-corrected chi connectivity index (χ2v) is 9.35. The first-order valence-electron chi connectivity index (χ1n) is 11.1. The molecule has 2 aliphatic heterocycles. The van der Waals surface area contributed by atoms with Gasteiger partial charge < -0.3 is 14.8 Å². The molecule has 0 saturated carbocycles. The molecule has 5 rings (SSSR count). The molecule has 3 heterocycles. The van der Waals surface area contributed by atoms with Crippen molar-refractivity contribution in [3.8, 4) is 0 Å². The summed E-state index contributed by atoms with van der Waals surface area (Å²) in [7, 11) is 0. The largest absolute Gasteiger partial charge is 0.343 e. The molecule has 1 fully saturated rings. The van der Waals surface area contributed by atoms with E-state index in [-0.39, 0.29) is 23.5 Å². The fourth-order valence-electron chi connectivity index (χ4n) is 4.76. The number of imidazole rings is 1. The number of para-hydroxylation sites is 3. The molecule has 2 aromatic carbocycles. The lowest BCUT2D eigenvalue weighted by molar-refractivity contribution is -0.132. The molecular formula is C24H26N4O3S. The van der Waals surface area contributed by atoms with Gasteiger partial charge in [-0.05, 0) is 43.5 Å². The minimum absolute atomic E-state index is 0.0828. The Morgan fingerprint density at radius 3 is 2.62 bits per heavy atom. The van der Waals surface area contributed by atoms with Gasteiger partial charge in [0.05, 0.1) is 22.5 Å². The van der Waals surface area contributed by atoms with Crippen LogP contribution in [0, 0.1) is 0 Å². The molecule has 0 unspecified atom stereocenters. The number of amides is 2. The van der Waals surface area contributed by atoms with Crippen LogP contribution in [-0.2, 0) is 9.59 Å². The summed E-state index contributed by atoms with van der Waals surface area (Å²) in [6, 6.07) is 15.8. The van der Waals surface area contributed by atoms with Crippen LogP contribution in [0.25, 0.3) is 11.0 Å². The maximum Gasteiger partial charge on any atom is 0.326 e. The van der Waals surface area contributed by atoms with Gasteiger partial charge in [0.25, 0.3) is 0 Å². The summed E-state index contributed by atoms with van der Waals surface area (Å²) >= 11 is 1.57. The third kappa shape index (κ3) is 3.95. The van der Waals surface area contributed by atoms with Crippen LogP contribution in [0.1, 0.15) is 31.7 Å². The monoisotopic (exact) mass is 450 g/mol. The van der Waals surface area contributed by atoms with Gasteiger partial charge in [-0.1, -0.05) is 24.3 Å². The van der Waals surface area contributed by atoms with Crippen molar-refractivity contribution in [2.75, 3.05) is 30.3 Å². The van der Waals surface area contributed by atoms with Crippen LogP contribution in [0.15, 0.2) is 58.2 Å². The van der Waals surface area contributed by atoms with Crippen molar-refractivity contribution in [3.05, 3.63) is 59.0 Å². The number of benzene rings is 2. The number of nitrogens with zero attached hydrogens (tertiary/aromatic N) is 3. The Morgan fingerprint density at radius 1 is 1.03 bits per heavy atom. The number of carbonyl (C=O) groups is 2. The van der Waals surface area contributed by atoms with Gasteiger partial charge in [0.2, 0.25) is 11.8 Å². The van der Waals surface area contributed by atoms with Crippen LogP contribution in [0.2, 0.25) is 0 Å². The van der Waals surface area contributed by atoms with Crippen molar-refractivity contribution in [1.29, 1.82) is 0 Å². The lowest BCUT2D eigenvalue weighted by Gasteiger charge is -2.33. The smallest absolute Gasteiger partial charge is 0.326 e. The predicted molar refractivity (Wildman–Crippen MR) is 126 cm³/mol. The minimum Gasteiger partial charge on any atom is -0.343 e. The van der Waals surface area contributed by atoms with E-state index < -0.39 is 0 Å². The molecule has 1 saturated heterocycles. The quantitative estimate of drug-likeness (QED) is 0.646. The molecule has 32 heavy (non-hydrogen) atoms. The number of carbonyl (C=O) groups excluding carboxylic acids is 2. The fourth-order valence-corrected chi connectivity index (χ4v) is 5.69. The van der Waals surface area contributed by atoms with E-state index in [1.54, 1.807) is 11.8 Å². The van der Waals surface area contributed by atoms with Crippen LogP contribution >= 0.6 is 11.8 Å². The van der Waals surface area contributed by atoms with Crippen molar-refractivity contribution in [3.63, 3.8) is 0 Å². The highest BCUT2D eigenvalue weighted by atomic mass is 32.2. The number of anilines is 1. The number of thioether (sulfide) groups is 1. The Bertz CT molecular complexity index is 1210. The van der Waals surface area contributed by atoms with Crippen molar-refractivity contribution >= 4 is 40.3 Å². The number of nitrogens with one attached hydrogen (secondary N) is 1. The van der Waals surface area contributed by atoms with Crippen LogP contribution in [-0.4, -0.2) is 51.7 Å². The fraction of sp³-hybridized carbons (Fsp3) is 0.375. The van der Waals surface area contributed by atoms with Crippen LogP contribution in [0.5, 0.6) is 0 Å². The van der Waals surface area contributed by atoms with E-state index in [1.165, 1.54) is 0 Å². The lowest BCUT2D eigenvalue weighted by atomic mass is 10.0. The molecule has 0 radical (unpaired) electrons. The van der Waals surface area contributed by atoms with Gasteiger partial charge in [0.15, 0.2) is 0 Å². The summed E-state index contributed by atoms with van der Waals surface area (Å²) in [4.78, 5) is 45.4. The predicted octanol–water partition coefficient (Wildman–Crippen LogP) is 3.41. The normalized spacial score (nSPS) is 17.1. The summed E-state index contributed by atoms with van der Waals surface area (Å²) in [5.41, 5.74) is 2.64. The third-order valence-electron chi connectivity index (χ3n) is 6.39. The number of aromatic amines is 1. The summed E-state index contributed by atoms with van der Waals surface area (Å²) in [5.74, 6) is 0.680. The average molecular weight is 451 g/mol. The zero-order chi connectivity index (χ0) is 22.1.